The summed E-state index contributed by atoms with van der Waals surface area (Å²) in [6, 6.07) is -1.56. The molecule has 15 heteroatoms. The van der Waals surface area contributed by atoms with E-state index in [1.807, 2.05) is 12.2 Å². The predicted molar refractivity (Wildman–Crippen MR) is 246 cm³/mol. The van der Waals surface area contributed by atoms with Gasteiger partial charge >= 0.3 is 25.7 Å². The number of phosphoric ester groups is 1. The molecule has 0 aromatic heterocycles. The van der Waals surface area contributed by atoms with E-state index in [2.05, 4.69) is 42.7 Å². The molecule has 6 N–H and O–H groups in total. The van der Waals surface area contributed by atoms with E-state index in [1.54, 1.807) is 12.2 Å². The molecular formula is C48H82NO13P. The first-order chi connectivity index (χ1) is 30.3. The highest BCUT2D eigenvalue weighted by Crippen LogP contribution is 2.43. The summed E-state index contributed by atoms with van der Waals surface area (Å²) in [5.74, 6) is -3.43. The number of hydrogen-bond donors (Lipinski definition) is 5. The van der Waals surface area contributed by atoms with Gasteiger partial charge in [-0.3, -0.25) is 28.2 Å². The van der Waals surface area contributed by atoms with Crippen molar-refractivity contribution in [2.75, 3.05) is 19.8 Å². The van der Waals surface area contributed by atoms with Gasteiger partial charge in [0.05, 0.1) is 25.4 Å². The Bertz CT molecular complexity index is 1420. The van der Waals surface area contributed by atoms with Crippen LogP contribution in [0.5, 0.6) is 0 Å². The lowest BCUT2D eigenvalue weighted by atomic mass is 9.90. The fraction of sp³-hybridized carbons (Fsp3) is 0.750. The molecule has 0 spiro atoms. The van der Waals surface area contributed by atoms with Crippen LogP contribution < -0.4 is 5.73 Å². The van der Waals surface area contributed by atoms with Crippen LogP contribution in [0.3, 0.4) is 0 Å². The fourth-order valence-electron chi connectivity index (χ4n) is 7.08. The van der Waals surface area contributed by atoms with E-state index in [9.17, 15) is 38.8 Å². The van der Waals surface area contributed by atoms with Crippen molar-refractivity contribution in [2.45, 2.75) is 199 Å². The van der Waals surface area contributed by atoms with Crippen LogP contribution in [-0.4, -0.2) is 88.1 Å². The van der Waals surface area contributed by atoms with Crippen LogP contribution in [0.15, 0.2) is 48.6 Å². The van der Waals surface area contributed by atoms with Gasteiger partial charge in [0.15, 0.2) is 6.10 Å². The van der Waals surface area contributed by atoms with Crippen molar-refractivity contribution in [2.24, 2.45) is 17.6 Å². The van der Waals surface area contributed by atoms with E-state index < -0.39 is 75.8 Å². The second-order valence-electron chi connectivity index (χ2n) is 16.7. The van der Waals surface area contributed by atoms with Gasteiger partial charge < -0.3 is 35.4 Å². The van der Waals surface area contributed by atoms with Gasteiger partial charge in [-0.15, -0.1) is 0 Å². The number of Topliss-reactive ketones (excluding diaryl/α,β-unsaturated/α-hetero) is 1. The molecule has 0 amide bonds. The van der Waals surface area contributed by atoms with Crippen molar-refractivity contribution in [1.29, 1.82) is 0 Å². The molecule has 0 bridgehead atoms. The molecule has 14 nitrogen and oxygen atoms in total. The molecule has 1 unspecified atom stereocenters. The van der Waals surface area contributed by atoms with Crippen LogP contribution in [0.2, 0.25) is 0 Å². The Morgan fingerprint density at radius 2 is 1.30 bits per heavy atom. The average molecular weight is 912 g/mol. The largest absolute Gasteiger partial charge is 0.480 e. The Morgan fingerprint density at radius 3 is 1.95 bits per heavy atom. The number of ketones is 1. The third-order valence-electron chi connectivity index (χ3n) is 10.9. The Balaban J connectivity index is 2.45. The zero-order valence-corrected chi connectivity index (χ0v) is 39.3. The number of hydrogen-bond acceptors (Lipinski definition) is 12. The van der Waals surface area contributed by atoms with Crippen LogP contribution >= 0.6 is 7.82 Å². The minimum absolute atomic E-state index is 0.0288. The second kappa shape index (κ2) is 37.3. The zero-order valence-electron chi connectivity index (χ0n) is 38.4. The van der Waals surface area contributed by atoms with Gasteiger partial charge in [0.1, 0.15) is 18.4 Å². The average Bonchev–Trinajstić information content (AvgIpc) is 3.52. The zero-order chi connectivity index (χ0) is 46.6. The molecule has 0 aromatic rings. The van der Waals surface area contributed by atoms with E-state index in [0.717, 1.165) is 57.8 Å². The highest BCUT2D eigenvalue weighted by molar-refractivity contribution is 7.47. The monoisotopic (exact) mass is 912 g/mol. The number of aliphatic hydroxyl groups excluding tert-OH is 2. The SMILES string of the molecule is CCCCC/C=C\C/C=C\CCCCCCCCCCCC(=O)O[C@H](COC(=O)CCC/C=C\C[C@H]1[C@@H](O)CC(=O)[C@@H]1/C=C/[C@@H](O)CCCCC)COP(=O)(O)OC[C@H](N)C(=O)O. The molecule has 7 atom stereocenters. The maximum absolute atomic E-state index is 12.7. The standard InChI is InChI=1S/C48H82NO13P/c1-3-5-7-8-9-10-11-12-13-14-15-16-17-18-19-20-21-22-28-32-47(54)62-40(37-60-63(57,58)61-38-43(49)48(55)56)36-59-46(53)31-27-24-23-26-30-41-42(45(52)35-44(41)51)34-33-39(50)29-25-6-4-2/h9-10,12-13,23,26,33-34,39-44,50-51H,3-8,11,14-22,24-25,27-32,35-38,49H2,1-2H3,(H,55,56)(H,57,58)/b10-9-,13-12-,26-23-,34-33+/t39-,40+,41+,42+,43-,44-/m0/s1. The van der Waals surface area contributed by atoms with Gasteiger partial charge in [0.25, 0.3) is 0 Å². The van der Waals surface area contributed by atoms with Crippen LogP contribution in [0.1, 0.15) is 174 Å². The van der Waals surface area contributed by atoms with Gasteiger partial charge in [0.2, 0.25) is 0 Å². The maximum Gasteiger partial charge on any atom is 0.472 e. The van der Waals surface area contributed by atoms with Crippen molar-refractivity contribution in [3.05, 3.63) is 48.6 Å². The number of unbranched alkanes of at least 4 members (excludes halogenated alkanes) is 15. The second-order valence-corrected chi connectivity index (χ2v) is 18.1. The number of allylic oxidation sites excluding steroid dienone is 7. The number of aliphatic carboxylic acids is 1. The number of esters is 2. The number of carbonyl (C=O) groups excluding carboxylic acids is 3. The molecule has 1 rings (SSSR count). The number of carboxylic acids is 1. The summed E-state index contributed by atoms with van der Waals surface area (Å²) in [4.78, 5) is 58.8. The lowest BCUT2D eigenvalue weighted by Gasteiger charge is -2.20. The van der Waals surface area contributed by atoms with Gasteiger partial charge in [-0.1, -0.05) is 140 Å². The maximum atomic E-state index is 12.7. The molecule has 0 saturated heterocycles. The van der Waals surface area contributed by atoms with Crippen LogP contribution in [0.4, 0.5) is 0 Å². The van der Waals surface area contributed by atoms with Crippen LogP contribution in [0.25, 0.3) is 0 Å². The topological polar surface area (TPSA) is 229 Å². The quantitative estimate of drug-likeness (QED) is 0.0167. The minimum Gasteiger partial charge on any atom is -0.480 e. The lowest BCUT2D eigenvalue weighted by molar-refractivity contribution is -0.161. The first-order valence-corrected chi connectivity index (χ1v) is 25.3. The fourth-order valence-corrected chi connectivity index (χ4v) is 7.85. The van der Waals surface area contributed by atoms with Gasteiger partial charge in [-0.2, -0.15) is 0 Å². The summed E-state index contributed by atoms with van der Waals surface area (Å²) in [5.41, 5.74) is 5.34. The third kappa shape index (κ3) is 31.5. The number of ether oxygens (including phenoxy) is 2. The predicted octanol–water partition coefficient (Wildman–Crippen LogP) is 9.54. The molecule has 362 valence electrons. The number of carboxylic acid groups (broad SMARTS) is 1. The lowest BCUT2D eigenvalue weighted by Crippen LogP contribution is -2.34. The number of carbonyl (C=O) groups is 4. The van der Waals surface area contributed by atoms with E-state index in [4.69, 9.17) is 24.8 Å². The molecule has 1 aliphatic carbocycles. The molecule has 1 saturated carbocycles. The molecule has 63 heavy (non-hydrogen) atoms. The van der Waals surface area contributed by atoms with Crippen molar-refractivity contribution in [1.82, 2.24) is 0 Å². The van der Waals surface area contributed by atoms with E-state index in [1.165, 1.54) is 51.4 Å². The first-order valence-electron chi connectivity index (χ1n) is 23.8. The third-order valence-corrected chi connectivity index (χ3v) is 11.9. The highest BCUT2D eigenvalue weighted by atomic mass is 31.2. The molecule has 0 heterocycles. The van der Waals surface area contributed by atoms with E-state index in [0.29, 0.717) is 32.1 Å². The van der Waals surface area contributed by atoms with Gasteiger partial charge in [-0.05, 0) is 64.2 Å². The summed E-state index contributed by atoms with van der Waals surface area (Å²) in [6.45, 7) is 2.41. The summed E-state index contributed by atoms with van der Waals surface area (Å²) in [5, 5.41) is 29.6. The molecule has 1 fully saturated rings. The first kappa shape index (κ1) is 58.0. The number of nitrogens with two attached hydrogens (primary N) is 1. The summed E-state index contributed by atoms with van der Waals surface area (Å²) >= 11 is 0. The Morgan fingerprint density at radius 1 is 0.746 bits per heavy atom. The molecule has 0 radical (unpaired) electrons. The van der Waals surface area contributed by atoms with Crippen molar-refractivity contribution in [3.63, 3.8) is 0 Å². The number of rotatable bonds is 40. The van der Waals surface area contributed by atoms with Crippen molar-refractivity contribution < 1.29 is 62.5 Å². The molecular weight excluding hydrogens is 829 g/mol. The van der Waals surface area contributed by atoms with Gasteiger partial charge in [0, 0.05) is 31.1 Å². The Hall–Kier alpha value is -2.97. The van der Waals surface area contributed by atoms with Crippen LogP contribution in [-0.2, 0) is 42.3 Å². The van der Waals surface area contributed by atoms with Crippen molar-refractivity contribution in [3.8, 4) is 0 Å². The van der Waals surface area contributed by atoms with E-state index in [-0.39, 0.29) is 31.0 Å². The van der Waals surface area contributed by atoms with E-state index >= 15 is 0 Å². The number of phosphoric acid groups is 1. The molecule has 1 aliphatic rings. The summed E-state index contributed by atoms with van der Waals surface area (Å²) in [7, 11) is -4.79. The van der Waals surface area contributed by atoms with Crippen molar-refractivity contribution >= 4 is 31.5 Å². The van der Waals surface area contributed by atoms with Gasteiger partial charge in [-0.25, -0.2) is 4.57 Å². The smallest absolute Gasteiger partial charge is 0.472 e. The van der Waals surface area contributed by atoms with Crippen LogP contribution in [0, 0.1) is 11.8 Å². The normalized spacial score (nSPS) is 19.3. The highest BCUT2D eigenvalue weighted by Gasteiger charge is 2.39. The minimum atomic E-state index is -4.79. The Labute approximate surface area is 377 Å². The summed E-state index contributed by atoms with van der Waals surface area (Å²) in [6.07, 6.45) is 35.4. The Kier molecular flexibility index (Phi) is 34.3. The molecule has 0 aliphatic heterocycles. The summed E-state index contributed by atoms with van der Waals surface area (Å²) < 4.78 is 32.7. The number of aliphatic hydroxyl groups is 2. The molecule has 0 aromatic carbocycles.